The van der Waals surface area contributed by atoms with Gasteiger partial charge in [-0.3, -0.25) is 0 Å². The summed E-state index contributed by atoms with van der Waals surface area (Å²) in [5.41, 5.74) is 0.686. The molecule has 2 aromatic carbocycles. The molecule has 0 saturated carbocycles. The van der Waals surface area contributed by atoms with Gasteiger partial charge in [0.2, 0.25) is 0 Å². The van der Waals surface area contributed by atoms with Gasteiger partial charge in [-0.2, -0.15) is 13.2 Å². The van der Waals surface area contributed by atoms with Gasteiger partial charge in [-0.05, 0) is 29.8 Å². The fourth-order valence-corrected chi connectivity index (χ4v) is 3.30. The van der Waals surface area contributed by atoms with Gasteiger partial charge in [-0.25, -0.2) is 4.99 Å². The van der Waals surface area contributed by atoms with Crippen molar-refractivity contribution >= 4 is 57.8 Å². The van der Waals surface area contributed by atoms with Crippen molar-refractivity contribution in [2.24, 2.45) is 4.99 Å². The van der Waals surface area contributed by atoms with Crippen LogP contribution in [0.4, 0.5) is 18.9 Å². The lowest BCUT2D eigenvalue weighted by molar-refractivity contribution is -0.0597. The van der Waals surface area contributed by atoms with Crippen LogP contribution in [-0.2, 0) is 6.42 Å². The minimum atomic E-state index is -4.47. The Bertz CT molecular complexity index is 844. The smallest absolute Gasteiger partial charge is 0.248 e. The van der Waals surface area contributed by atoms with E-state index < -0.39 is 11.9 Å². The Labute approximate surface area is 149 Å². The summed E-state index contributed by atoms with van der Waals surface area (Å²) >= 11 is 24.3. The first-order chi connectivity index (χ1) is 10.7. The molecule has 0 N–H and O–H groups in total. The predicted octanol–water partition coefficient (Wildman–Crippen LogP) is 7.16. The molecule has 0 aliphatic carbocycles. The van der Waals surface area contributed by atoms with Crippen molar-refractivity contribution in [1.29, 1.82) is 0 Å². The normalized spacial score (nSPS) is 14.0. The zero-order valence-electron chi connectivity index (χ0n) is 11.1. The van der Waals surface area contributed by atoms with Crippen LogP contribution in [0.5, 0.6) is 0 Å². The van der Waals surface area contributed by atoms with E-state index in [4.69, 9.17) is 46.4 Å². The Morgan fingerprint density at radius 2 is 1.57 bits per heavy atom. The second kappa shape index (κ2) is 5.85. The van der Waals surface area contributed by atoms with Crippen molar-refractivity contribution in [3.8, 4) is 11.1 Å². The second-order valence-electron chi connectivity index (χ2n) is 4.94. The van der Waals surface area contributed by atoms with E-state index in [1.165, 1.54) is 18.2 Å². The van der Waals surface area contributed by atoms with Crippen molar-refractivity contribution in [3.63, 3.8) is 0 Å². The molecule has 0 spiro atoms. The Morgan fingerprint density at radius 3 is 2.22 bits per heavy atom. The summed E-state index contributed by atoms with van der Waals surface area (Å²) in [6, 6.07) is 5.95. The summed E-state index contributed by atoms with van der Waals surface area (Å²) in [4.78, 5) is 3.60. The topological polar surface area (TPSA) is 12.4 Å². The minimum Gasteiger partial charge on any atom is -0.248 e. The van der Waals surface area contributed by atoms with Gasteiger partial charge in [0, 0.05) is 22.6 Å². The average Bonchev–Trinajstić information content (AvgIpc) is 2.85. The lowest BCUT2D eigenvalue weighted by Gasteiger charge is -2.11. The number of hydrogen-bond acceptors (Lipinski definition) is 1. The summed E-state index contributed by atoms with van der Waals surface area (Å²) in [6.45, 7) is 0. The fraction of sp³-hybridized carbons (Fsp3) is 0.133. The fourth-order valence-electron chi connectivity index (χ4n) is 2.34. The number of alkyl halides is 3. The SMILES string of the molecule is FC(F)(F)C1=Nc2cc(Cl)c(-c3cc(Cl)cc(Cl)c3Cl)cc2C1. The van der Waals surface area contributed by atoms with Crippen LogP contribution in [0, 0.1) is 0 Å². The van der Waals surface area contributed by atoms with Crippen LogP contribution in [0.1, 0.15) is 5.56 Å². The molecular weight excluding hydrogens is 393 g/mol. The molecule has 0 unspecified atom stereocenters. The Morgan fingerprint density at radius 1 is 0.870 bits per heavy atom. The van der Waals surface area contributed by atoms with E-state index in [1.54, 1.807) is 6.07 Å². The number of nitrogens with zero attached hydrogens (tertiary/aromatic N) is 1. The molecule has 1 aliphatic heterocycles. The number of rotatable bonds is 1. The van der Waals surface area contributed by atoms with Gasteiger partial charge in [-0.15, -0.1) is 0 Å². The van der Waals surface area contributed by atoms with Crippen molar-refractivity contribution in [1.82, 2.24) is 0 Å². The van der Waals surface area contributed by atoms with E-state index in [2.05, 4.69) is 4.99 Å². The lowest BCUT2D eigenvalue weighted by atomic mass is 10.0. The van der Waals surface area contributed by atoms with Gasteiger partial charge >= 0.3 is 6.18 Å². The highest BCUT2D eigenvalue weighted by molar-refractivity contribution is 6.45. The maximum absolute atomic E-state index is 12.8. The molecule has 0 fully saturated rings. The van der Waals surface area contributed by atoms with Gasteiger partial charge in [0.15, 0.2) is 0 Å². The van der Waals surface area contributed by atoms with E-state index in [0.29, 0.717) is 21.7 Å². The van der Waals surface area contributed by atoms with Crippen molar-refractivity contribution < 1.29 is 13.2 Å². The van der Waals surface area contributed by atoms with Crippen LogP contribution in [0.2, 0.25) is 20.1 Å². The Hall–Kier alpha value is -0.940. The molecule has 0 amide bonds. The monoisotopic (exact) mass is 397 g/mol. The maximum Gasteiger partial charge on any atom is 0.429 e. The molecule has 1 nitrogen and oxygen atoms in total. The molecule has 1 aliphatic rings. The number of aliphatic imine (C=N–C) groups is 1. The molecule has 2 aromatic rings. The molecular formula is C15H6Cl4F3N. The third kappa shape index (κ3) is 3.18. The van der Waals surface area contributed by atoms with Crippen LogP contribution < -0.4 is 0 Å². The summed E-state index contributed by atoms with van der Waals surface area (Å²) in [5.74, 6) is 0. The summed E-state index contributed by atoms with van der Waals surface area (Å²) < 4.78 is 38.4. The van der Waals surface area contributed by atoms with Gasteiger partial charge in [0.05, 0.1) is 20.8 Å². The first kappa shape index (κ1) is 16.9. The van der Waals surface area contributed by atoms with E-state index >= 15 is 0 Å². The maximum atomic E-state index is 12.8. The van der Waals surface area contributed by atoms with Gasteiger partial charge in [0.1, 0.15) is 5.71 Å². The van der Waals surface area contributed by atoms with E-state index in [0.717, 1.165) is 0 Å². The molecule has 8 heteroatoms. The van der Waals surface area contributed by atoms with Gasteiger partial charge < -0.3 is 0 Å². The van der Waals surface area contributed by atoms with Crippen molar-refractivity contribution in [2.75, 3.05) is 0 Å². The second-order valence-corrected chi connectivity index (χ2v) is 6.57. The quantitative estimate of drug-likeness (QED) is 0.452. The van der Waals surface area contributed by atoms with Crippen molar-refractivity contribution in [2.45, 2.75) is 12.6 Å². The number of fused-ring (bicyclic) bond motifs is 1. The third-order valence-corrected chi connectivity index (χ3v) is 4.72. The van der Waals surface area contributed by atoms with Crippen LogP contribution >= 0.6 is 46.4 Å². The highest BCUT2D eigenvalue weighted by Crippen LogP contribution is 2.43. The average molecular weight is 399 g/mol. The standard InChI is InChI=1S/C15H6Cl4F3N/c16-7-3-9(14(19)11(18)4-7)8-1-6-2-13(15(20,21)22)23-12(6)5-10(8)17/h1,3-5H,2H2. The largest absolute Gasteiger partial charge is 0.429 e. The molecule has 3 rings (SSSR count). The number of benzene rings is 2. The van der Waals surface area contributed by atoms with Crippen molar-refractivity contribution in [3.05, 3.63) is 49.9 Å². The van der Waals surface area contributed by atoms with Gasteiger partial charge in [0.25, 0.3) is 0 Å². The minimum absolute atomic E-state index is 0.204. The van der Waals surface area contributed by atoms with Crippen LogP contribution in [0.3, 0.4) is 0 Å². The molecule has 0 aromatic heterocycles. The van der Waals surface area contributed by atoms with Gasteiger partial charge in [-0.1, -0.05) is 46.4 Å². The molecule has 23 heavy (non-hydrogen) atoms. The van der Waals surface area contributed by atoms with Crippen LogP contribution in [-0.4, -0.2) is 11.9 Å². The first-order valence-electron chi connectivity index (χ1n) is 6.29. The van der Waals surface area contributed by atoms with E-state index in [-0.39, 0.29) is 27.2 Å². The molecule has 1 heterocycles. The highest BCUT2D eigenvalue weighted by atomic mass is 35.5. The number of halogens is 7. The molecule has 0 radical (unpaired) electrons. The zero-order valence-corrected chi connectivity index (χ0v) is 14.1. The highest BCUT2D eigenvalue weighted by Gasteiger charge is 2.38. The molecule has 0 bridgehead atoms. The Kier molecular flexibility index (Phi) is 4.30. The van der Waals surface area contributed by atoms with E-state index in [9.17, 15) is 13.2 Å². The van der Waals surface area contributed by atoms with Crippen LogP contribution in [0.25, 0.3) is 11.1 Å². The predicted molar refractivity (Wildman–Crippen MR) is 88.8 cm³/mol. The summed E-state index contributed by atoms with van der Waals surface area (Å²) in [6.07, 6.45) is -4.78. The van der Waals surface area contributed by atoms with Crippen LogP contribution in [0.15, 0.2) is 29.3 Å². The molecule has 120 valence electrons. The summed E-state index contributed by atoms with van der Waals surface area (Å²) in [7, 11) is 0. The Balaban J connectivity index is 2.12. The third-order valence-electron chi connectivity index (χ3n) is 3.39. The first-order valence-corrected chi connectivity index (χ1v) is 7.80. The molecule has 0 atom stereocenters. The molecule has 0 saturated heterocycles. The zero-order chi connectivity index (χ0) is 16.9. The van der Waals surface area contributed by atoms with E-state index in [1.807, 2.05) is 0 Å². The lowest BCUT2D eigenvalue weighted by Crippen LogP contribution is -2.22. The number of hydrogen-bond donors (Lipinski definition) is 0. The summed E-state index contributed by atoms with van der Waals surface area (Å²) in [5, 5.41) is 1.03.